The number of nitrogens with two attached hydrogens (primary N) is 1. The molecule has 0 spiro atoms. The molecular weight excluding hydrogens is 574 g/mol. The lowest BCUT2D eigenvalue weighted by Gasteiger charge is -2.38. The van der Waals surface area contributed by atoms with Gasteiger partial charge >= 0.3 is 0 Å². The van der Waals surface area contributed by atoms with E-state index in [-0.39, 0.29) is 11.8 Å². The summed E-state index contributed by atoms with van der Waals surface area (Å²) in [6.45, 7) is 11.8. The molecule has 0 unspecified atom stereocenters. The van der Waals surface area contributed by atoms with E-state index in [1.807, 2.05) is 48.7 Å². The number of nitrogens with zero attached hydrogens (tertiary/aromatic N) is 4. The van der Waals surface area contributed by atoms with Gasteiger partial charge in [-0.25, -0.2) is 0 Å². The van der Waals surface area contributed by atoms with Crippen LogP contribution in [-0.2, 0) is 21.5 Å². The zero-order chi connectivity index (χ0) is 32.2. The average Bonchev–Trinajstić information content (AvgIpc) is 3.57. The van der Waals surface area contributed by atoms with Gasteiger partial charge in [-0.15, -0.1) is 0 Å². The van der Waals surface area contributed by atoms with Crippen LogP contribution in [0.25, 0.3) is 0 Å². The van der Waals surface area contributed by atoms with Crippen molar-refractivity contribution in [2.24, 2.45) is 11.7 Å². The Morgan fingerprint density at radius 2 is 1.61 bits per heavy atom. The van der Waals surface area contributed by atoms with E-state index in [4.69, 9.17) is 15.2 Å². The van der Waals surface area contributed by atoms with Crippen LogP contribution < -0.4 is 10.5 Å². The van der Waals surface area contributed by atoms with Gasteiger partial charge in [-0.1, -0.05) is 67.6 Å². The quantitative estimate of drug-likeness (QED) is 0.212. The minimum atomic E-state index is -0.824. The molecule has 8 nitrogen and oxygen atoms in total. The number of likely N-dealkylation sites (N-methyl/N-ethyl adjacent to an activating group) is 1. The van der Waals surface area contributed by atoms with Crippen molar-refractivity contribution in [3.8, 4) is 5.75 Å². The van der Waals surface area contributed by atoms with Gasteiger partial charge in [-0.05, 0) is 87.9 Å². The van der Waals surface area contributed by atoms with E-state index in [0.29, 0.717) is 6.04 Å². The summed E-state index contributed by atoms with van der Waals surface area (Å²) in [5.74, 6) is 0.795. The Morgan fingerprint density at radius 3 is 2.24 bits per heavy atom. The van der Waals surface area contributed by atoms with Crippen LogP contribution in [0.2, 0.25) is 0 Å². The first-order chi connectivity index (χ1) is 22.6. The maximum atomic E-state index is 13.3. The number of carbonyl (C=O) groups excluding carboxylic acids is 1. The molecule has 3 heterocycles. The molecule has 2 aromatic carbocycles. The summed E-state index contributed by atoms with van der Waals surface area (Å²) < 4.78 is 11.6. The van der Waals surface area contributed by atoms with Crippen LogP contribution in [0.15, 0.2) is 79.1 Å². The minimum absolute atomic E-state index is 0.135. The number of hydrogen-bond acceptors (Lipinski definition) is 7. The second-order valence-corrected chi connectivity index (χ2v) is 12.8. The number of primary amides is 1. The smallest absolute Gasteiger partial charge is 0.232 e. The SMILES string of the molecule is CCN(CCOCCCCN1CC[C@@H](C(C(N)=O)(c2ccccc2)c2ccccc2)C1)C1CCN(Cc2cnccc2OC)CC1. The minimum Gasteiger partial charge on any atom is -0.496 e. The third-order valence-corrected chi connectivity index (χ3v) is 10.2. The highest BCUT2D eigenvalue weighted by Gasteiger charge is 2.49. The number of carbonyl (C=O) groups is 1. The van der Waals surface area contributed by atoms with Crippen LogP contribution >= 0.6 is 0 Å². The first kappa shape index (κ1) is 34.0. The van der Waals surface area contributed by atoms with Gasteiger partial charge in [0.2, 0.25) is 5.91 Å². The second kappa shape index (κ2) is 17.0. The van der Waals surface area contributed by atoms with Crippen molar-refractivity contribution in [3.05, 3.63) is 95.8 Å². The Labute approximate surface area is 275 Å². The van der Waals surface area contributed by atoms with Crippen LogP contribution in [0.4, 0.5) is 0 Å². The first-order valence-electron chi connectivity index (χ1n) is 17.2. The molecule has 2 aliphatic rings. The maximum absolute atomic E-state index is 13.3. The van der Waals surface area contributed by atoms with Gasteiger partial charge in [-0.3, -0.25) is 19.6 Å². The lowest BCUT2D eigenvalue weighted by atomic mass is 9.64. The van der Waals surface area contributed by atoms with Crippen molar-refractivity contribution >= 4 is 5.91 Å². The molecule has 1 atom stereocenters. The highest BCUT2D eigenvalue weighted by atomic mass is 16.5. The number of hydrogen-bond donors (Lipinski definition) is 1. The van der Waals surface area contributed by atoms with Gasteiger partial charge in [0.05, 0.1) is 13.7 Å². The van der Waals surface area contributed by atoms with E-state index in [0.717, 1.165) is 107 Å². The Balaban J connectivity index is 1.01. The van der Waals surface area contributed by atoms with E-state index >= 15 is 0 Å². The normalized spacial score (nSPS) is 18.3. The predicted octanol–water partition coefficient (Wildman–Crippen LogP) is 4.97. The Hall–Kier alpha value is -3.30. The van der Waals surface area contributed by atoms with Crippen molar-refractivity contribution in [3.63, 3.8) is 0 Å². The number of amides is 1. The number of unbranched alkanes of at least 4 members (excludes halogenated alkanes) is 1. The lowest BCUT2D eigenvalue weighted by molar-refractivity contribution is -0.123. The topological polar surface area (TPSA) is 84.2 Å². The number of piperidine rings is 1. The number of rotatable bonds is 17. The van der Waals surface area contributed by atoms with Gasteiger partial charge in [0.15, 0.2) is 0 Å². The van der Waals surface area contributed by atoms with Crippen LogP contribution in [0.5, 0.6) is 5.75 Å². The zero-order valence-corrected chi connectivity index (χ0v) is 27.9. The Kier molecular flexibility index (Phi) is 12.6. The molecule has 1 amide bonds. The van der Waals surface area contributed by atoms with Crippen molar-refractivity contribution in [2.75, 3.05) is 66.1 Å². The molecule has 0 aliphatic carbocycles. The maximum Gasteiger partial charge on any atom is 0.232 e. The number of pyridine rings is 1. The van der Waals surface area contributed by atoms with Crippen molar-refractivity contribution < 1.29 is 14.3 Å². The van der Waals surface area contributed by atoms with E-state index in [1.165, 1.54) is 12.8 Å². The predicted molar refractivity (Wildman–Crippen MR) is 184 cm³/mol. The molecule has 1 aromatic heterocycles. The molecule has 5 rings (SSSR count). The standard InChI is InChI=1S/C38H53N5O3/c1-3-43(35-18-23-42(24-19-35)29-31-28-40-20-16-36(31)45-2)25-27-46-26-11-10-21-41-22-17-34(30-41)38(37(39)44,32-12-6-4-7-13-32)33-14-8-5-9-15-33/h4-9,12-16,20,28,34-35H,3,10-11,17-19,21-27,29-30H2,1-2H3,(H2,39,44)/t34-/m1/s1. The molecule has 2 aliphatic heterocycles. The Bertz CT molecular complexity index is 1290. The van der Waals surface area contributed by atoms with Crippen LogP contribution in [0.3, 0.4) is 0 Å². The lowest BCUT2D eigenvalue weighted by Crippen LogP contribution is -2.49. The molecule has 2 saturated heterocycles. The number of methoxy groups -OCH3 is 1. The fraction of sp³-hybridized carbons (Fsp3) is 0.526. The fourth-order valence-electron chi connectivity index (χ4n) is 7.75. The number of likely N-dealkylation sites (tertiary alicyclic amines) is 2. The van der Waals surface area contributed by atoms with Gasteiger partial charge < -0.3 is 20.1 Å². The zero-order valence-electron chi connectivity index (χ0n) is 27.9. The molecule has 2 N–H and O–H groups in total. The molecule has 46 heavy (non-hydrogen) atoms. The summed E-state index contributed by atoms with van der Waals surface area (Å²) in [6, 6.07) is 22.8. The number of ether oxygens (including phenoxy) is 2. The summed E-state index contributed by atoms with van der Waals surface area (Å²) in [6.07, 6.45) is 9.15. The highest BCUT2D eigenvalue weighted by molar-refractivity contribution is 5.91. The monoisotopic (exact) mass is 627 g/mol. The fourth-order valence-corrected chi connectivity index (χ4v) is 7.75. The Morgan fingerprint density at radius 1 is 0.935 bits per heavy atom. The number of benzene rings is 2. The van der Waals surface area contributed by atoms with E-state index in [2.05, 4.69) is 50.9 Å². The molecule has 8 heteroatoms. The van der Waals surface area contributed by atoms with Crippen molar-refractivity contribution in [1.82, 2.24) is 19.7 Å². The largest absolute Gasteiger partial charge is 0.496 e. The summed E-state index contributed by atoms with van der Waals surface area (Å²) in [4.78, 5) is 25.2. The van der Waals surface area contributed by atoms with Crippen molar-refractivity contribution in [2.45, 2.75) is 57.0 Å². The third-order valence-electron chi connectivity index (χ3n) is 10.2. The second-order valence-electron chi connectivity index (χ2n) is 12.8. The van der Waals surface area contributed by atoms with Crippen LogP contribution in [0, 0.1) is 5.92 Å². The van der Waals surface area contributed by atoms with Gasteiger partial charge in [0.25, 0.3) is 0 Å². The van der Waals surface area contributed by atoms with Gasteiger partial charge in [0, 0.05) is 50.2 Å². The molecule has 0 radical (unpaired) electrons. The average molecular weight is 628 g/mol. The van der Waals surface area contributed by atoms with E-state index in [1.54, 1.807) is 13.3 Å². The summed E-state index contributed by atoms with van der Waals surface area (Å²) >= 11 is 0. The van der Waals surface area contributed by atoms with Gasteiger partial charge in [-0.2, -0.15) is 0 Å². The van der Waals surface area contributed by atoms with E-state index < -0.39 is 5.41 Å². The number of aromatic nitrogens is 1. The van der Waals surface area contributed by atoms with Crippen LogP contribution in [-0.4, -0.2) is 97.8 Å². The molecule has 0 saturated carbocycles. The van der Waals surface area contributed by atoms with Crippen LogP contribution in [0.1, 0.15) is 55.7 Å². The van der Waals surface area contributed by atoms with Gasteiger partial charge in [0.1, 0.15) is 11.2 Å². The summed E-state index contributed by atoms with van der Waals surface area (Å²) in [5.41, 5.74) is 8.58. The van der Waals surface area contributed by atoms with Crippen molar-refractivity contribution in [1.29, 1.82) is 0 Å². The molecular formula is C38H53N5O3. The third kappa shape index (κ3) is 8.15. The highest BCUT2D eigenvalue weighted by Crippen LogP contribution is 2.43. The van der Waals surface area contributed by atoms with E-state index in [9.17, 15) is 4.79 Å². The molecule has 0 bridgehead atoms. The summed E-state index contributed by atoms with van der Waals surface area (Å²) in [5, 5.41) is 0. The molecule has 3 aromatic rings. The molecule has 248 valence electrons. The summed E-state index contributed by atoms with van der Waals surface area (Å²) in [7, 11) is 1.73. The molecule has 2 fully saturated rings. The first-order valence-corrected chi connectivity index (χ1v) is 17.2.